The van der Waals surface area contributed by atoms with E-state index in [2.05, 4.69) is 10.3 Å². The monoisotopic (exact) mass is 434 g/mol. The molecular formula is C21H30N4O4S. The number of para-hydroxylation sites is 1. The number of amides is 1. The molecule has 1 fully saturated rings. The molecule has 1 saturated heterocycles. The van der Waals surface area contributed by atoms with Gasteiger partial charge < -0.3 is 14.6 Å². The van der Waals surface area contributed by atoms with Gasteiger partial charge in [-0.15, -0.1) is 0 Å². The van der Waals surface area contributed by atoms with E-state index in [0.717, 1.165) is 11.3 Å². The molecule has 0 unspecified atom stereocenters. The number of nitrogens with zero attached hydrogens (tertiary/aromatic N) is 3. The van der Waals surface area contributed by atoms with Crippen LogP contribution in [-0.2, 0) is 21.4 Å². The van der Waals surface area contributed by atoms with Crippen LogP contribution in [-0.4, -0.2) is 47.9 Å². The fourth-order valence-corrected chi connectivity index (χ4v) is 4.89. The SMILES string of the molecule is CCOc1ccccc1CNC(=O)C1CCN(S(=O)(=O)c2cn(C(C)C)cn2)CC1. The number of nitrogens with one attached hydrogen (secondary N) is 1. The predicted molar refractivity (Wildman–Crippen MR) is 114 cm³/mol. The van der Waals surface area contributed by atoms with Gasteiger partial charge in [0.25, 0.3) is 10.0 Å². The Balaban J connectivity index is 1.55. The second kappa shape index (κ2) is 9.61. The molecule has 0 spiro atoms. The number of ether oxygens (including phenoxy) is 1. The molecule has 0 bridgehead atoms. The third kappa shape index (κ3) is 5.02. The topological polar surface area (TPSA) is 93.5 Å². The Labute approximate surface area is 178 Å². The lowest BCUT2D eigenvalue weighted by molar-refractivity contribution is -0.126. The lowest BCUT2D eigenvalue weighted by Gasteiger charge is -2.30. The predicted octanol–water partition coefficient (Wildman–Crippen LogP) is 2.58. The first kappa shape index (κ1) is 22.3. The average Bonchev–Trinajstić information content (AvgIpc) is 3.25. The van der Waals surface area contributed by atoms with E-state index < -0.39 is 10.0 Å². The van der Waals surface area contributed by atoms with Crippen LogP contribution in [0.2, 0.25) is 0 Å². The number of carbonyl (C=O) groups excluding carboxylic acids is 1. The minimum absolute atomic E-state index is 0.0533. The fourth-order valence-electron chi connectivity index (χ4n) is 3.50. The van der Waals surface area contributed by atoms with Crippen molar-refractivity contribution < 1.29 is 17.9 Å². The summed E-state index contributed by atoms with van der Waals surface area (Å²) in [4.78, 5) is 16.7. The van der Waals surface area contributed by atoms with Crippen molar-refractivity contribution in [1.82, 2.24) is 19.2 Å². The van der Waals surface area contributed by atoms with Crippen molar-refractivity contribution in [3.8, 4) is 5.75 Å². The van der Waals surface area contributed by atoms with E-state index in [4.69, 9.17) is 4.74 Å². The second-order valence-electron chi connectivity index (χ2n) is 7.69. The van der Waals surface area contributed by atoms with Crippen LogP contribution in [0.25, 0.3) is 0 Å². The minimum Gasteiger partial charge on any atom is -0.494 e. The molecule has 1 aromatic carbocycles. The van der Waals surface area contributed by atoms with Crippen molar-refractivity contribution in [3.05, 3.63) is 42.4 Å². The first-order chi connectivity index (χ1) is 14.3. The van der Waals surface area contributed by atoms with E-state index in [1.165, 1.54) is 10.6 Å². The van der Waals surface area contributed by atoms with Crippen LogP contribution in [0.5, 0.6) is 5.75 Å². The van der Waals surface area contributed by atoms with Crippen molar-refractivity contribution in [1.29, 1.82) is 0 Å². The Morgan fingerprint density at radius 1 is 1.27 bits per heavy atom. The summed E-state index contributed by atoms with van der Waals surface area (Å²) in [5.41, 5.74) is 0.924. The van der Waals surface area contributed by atoms with E-state index in [-0.39, 0.29) is 22.9 Å². The van der Waals surface area contributed by atoms with Gasteiger partial charge in [0.2, 0.25) is 5.91 Å². The zero-order valence-electron chi connectivity index (χ0n) is 17.7. The summed E-state index contributed by atoms with van der Waals surface area (Å²) in [6, 6.07) is 7.76. The Kier molecular flexibility index (Phi) is 7.14. The smallest absolute Gasteiger partial charge is 0.262 e. The highest BCUT2D eigenvalue weighted by atomic mass is 32.2. The summed E-state index contributed by atoms with van der Waals surface area (Å²) in [5.74, 6) is 0.508. The molecule has 2 heterocycles. The summed E-state index contributed by atoms with van der Waals surface area (Å²) in [5, 5.41) is 3.03. The summed E-state index contributed by atoms with van der Waals surface area (Å²) in [6.07, 6.45) is 4.08. The maximum absolute atomic E-state index is 12.8. The number of benzene rings is 1. The molecule has 1 aliphatic heterocycles. The zero-order valence-corrected chi connectivity index (χ0v) is 18.6. The number of aromatic nitrogens is 2. The summed E-state index contributed by atoms with van der Waals surface area (Å²) in [6.45, 7) is 7.43. The largest absolute Gasteiger partial charge is 0.494 e. The van der Waals surface area contributed by atoms with Gasteiger partial charge in [-0.2, -0.15) is 4.31 Å². The molecule has 0 aliphatic carbocycles. The molecule has 9 heteroatoms. The lowest BCUT2D eigenvalue weighted by atomic mass is 9.97. The third-order valence-corrected chi connectivity index (χ3v) is 7.11. The highest BCUT2D eigenvalue weighted by Gasteiger charge is 2.33. The van der Waals surface area contributed by atoms with Crippen LogP contribution in [0.4, 0.5) is 0 Å². The zero-order chi connectivity index (χ0) is 21.7. The maximum Gasteiger partial charge on any atom is 0.262 e. The molecule has 1 N–H and O–H groups in total. The molecule has 0 saturated carbocycles. The van der Waals surface area contributed by atoms with E-state index in [1.807, 2.05) is 45.0 Å². The molecule has 0 radical (unpaired) electrons. The molecule has 164 valence electrons. The number of piperidine rings is 1. The molecule has 1 aliphatic rings. The molecule has 8 nitrogen and oxygen atoms in total. The van der Waals surface area contributed by atoms with Crippen molar-refractivity contribution in [2.45, 2.75) is 51.2 Å². The van der Waals surface area contributed by atoms with E-state index in [0.29, 0.717) is 39.1 Å². The van der Waals surface area contributed by atoms with Crippen molar-refractivity contribution in [2.75, 3.05) is 19.7 Å². The summed E-state index contributed by atoms with van der Waals surface area (Å²) < 4.78 is 34.5. The molecule has 3 rings (SSSR count). The van der Waals surface area contributed by atoms with Crippen LogP contribution in [0.3, 0.4) is 0 Å². The Hall–Kier alpha value is -2.39. The molecule has 0 atom stereocenters. The van der Waals surface area contributed by atoms with Gasteiger partial charge in [0.1, 0.15) is 5.75 Å². The number of imidazole rings is 1. The van der Waals surface area contributed by atoms with Crippen LogP contribution < -0.4 is 10.1 Å². The number of hydrogen-bond acceptors (Lipinski definition) is 5. The molecule has 2 aromatic rings. The Morgan fingerprint density at radius 2 is 1.97 bits per heavy atom. The molecule has 1 aromatic heterocycles. The van der Waals surface area contributed by atoms with Gasteiger partial charge in [0, 0.05) is 43.4 Å². The number of rotatable bonds is 8. The van der Waals surface area contributed by atoms with Gasteiger partial charge in [-0.3, -0.25) is 4.79 Å². The molecule has 30 heavy (non-hydrogen) atoms. The second-order valence-corrected chi connectivity index (χ2v) is 9.57. The number of hydrogen-bond donors (Lipinski definition) is 1. The first-order valence-corrected chi connectivity index (χ1v) is 11.8. The van der Waals surface area contributed by atoms with E-state index in [9.17, 15) is 13.2 Å². The average molecular weight is 435 g/mol. The van der Waals surface area contributed by atoms with Gasteiger partial charge in [0.15, 0.2) is 5.03 Å². The molecular weight excluding hydrogens is 404 g/mol. The van der Waals surface area contributed by atoms with E-state index in [1.54, 1.807) is 10.8 Å². The number of sulfonamides is 1. The van der Waals surface area contributed by atoms with Gasteiger partial charge in [-0.25, -0.2) is 13.4 Å². The quantitative estimate of drug-likeness (QED) is 0.689. The van der Waals surface area contributed by atoms with Gasteiger partial charge >= 0.3 is 0 Å². The Morgan fingerprint density at radius 3 is 2.60 bits per heavy atom. The number of carbonyl (C=O) groups is 1. The van der Waals surface area contributed by atoms with Crippen molar-refractivity contribution in [3.63, 3.8) is 0 Å². The van der Waals surface area contributed by atoms with Gasteiger partial charge in [-0.1, -0.05) is 18.2 Å². The fraction of sp³-hybridized carbons (Fsp3) is 0.524. The lowest BCUT2D eigenvalue weighted by Crippen LogP contribution is -2.43. The van der Waals surface area contributed by atoms with Gasteiger partial charge in [0.05, 0.1) is 12.9 Å². The summed E-state index contributed by atoms with van der Waals surface area (Å²) >= 11 is 0. The van der Waals surface area contributed by atoms with E-state index >= 15 is 0 Å². The van der Waals surface area contributed by atoms with Crippen LogP contribution in [0, 0.1) is 5.92 Å². The highest BCUT2D eigenvalue weighted by Crippen LogP contribution is 2.24. The molecule has 1 amide bonds. The van der Waals surface area contributed by atoms with Crippen LogP contribution in [0.15, 0.2) is 41.8 Å². The minimum atomic E-state index is -3.64. The highest BCUT2D eigenvalue weighted by molar-refractivity contribution is 7.89. The van der Waals surface area contributed by atoms with Crippen molar-refractivity contribution in [2.24, 2.45) is 5.92 Å². The van der Waals surface area contributed by atoms with Gasteiger partial charge in [-0.05, 0) is 39.7 Å². The van der Waals surface area contributed by atoms with Crippen molar-refractivity contribution >= 4 is 15.9 Å². The Bertz CT molecular complexity index is 963. The first-order valence-electron chi connectivity index (χ1n) is 10.3. The summed E-state index contributed by atoms with van der Waals surface area (Å²) in [7, 11) is -3.64. The standard InChI is InChI=1S/C21H30N4O4S/c1-4-29-19-8-6-5-7-18(19)13-22-21(26)17-9-11-25(12-10-17)30(27,28)20-14-24(15-23-20)16(2)3/h5-8,14-17H,4,9-13H2,1-3H3,(H,22,26). The van der Waals surface area contributed by atoms with Crippen LogP contribution >= 0.6 is 0 Å². The maximum atomic E-state index is 12.8. The van der Waals surface area contributed by atoms with Crippen LogP contribution in [0.1, 0.15) is 45.2 Å². The third-order valence-electron chi connectivity index (χ3n) is 5.33. The normalized spacial score (nSPS) is 16.0.